The van der Waals surface area contributed by atoms with Crippen LogP contribution in [0.2, 0.25) is 0 Å². The second-order valence-electron chi connectivity index (χ2n) is 3.13. The molecule has 2 rings (SSSR count). The second kappa shape index (κ2) is 3.86. The van der Waals surface area contributed by atoms with Gasteiger partial charge < -0.3 is 0 Å². The van der Waals surface area contributed by atoms with Crippen LogP contribution in [-0.2, 0) is 10.0 Å². The summed E-state index contributed by atoms with van der Waals surface area (Å²) < 4.78 is 48.0. The van der Waals surface area contributed by atoms with E-state index in [2.05, 4.69) is 10.1 Å². The zero-order chi connectivity index (χ0) is 12.6. The van der Waals surface area contributed by atoms with Gasteiger partial charge in [0.25, 0.3) is 15.2 Å². The predicted octanol–water partition coefficient (Wildman–Crippen LogP) is 0.397. The number of aromatic nitrogens is 3. The third kappa shape index (κ3) is 2.29. The molecule has 1 heterocycles. The van der Waals surface area contributed by atoms with Gasteiger partial charge in [-0.05, 0) is 18.2 Å². The Morgan fingerprint density at radius 1 is 1.29 bits per heavy atom. The van der Waals surface area contributed by atoms with Crippen LogP contribution in [0.5, 0.6) is 0 Å². The first-order valence-electron chi connectivity index (χ1n) is 4.28. The lowest BCUT2D eigenvalue weighted by Crippen LogP contribution is -2.13. The number of nitrogens with zero attached hydrogens (tertiary/aromatic N) is 2. The van der Waals surface area contributed by atoms with Crippen LogP contribution in [0.15, 0.2) is 23.4 Å². The van der Waals surface area contributed by atoms with E-state index >= 15 is 0 Å². The molecule has 1 aromatic heterocycles. The summed E-state index contributed by atoms with van der Waals surface area (Å²) in [5.41, 5.74) is -0.254. The van der Waals surface area contributed by atoms with Crippen molar-refractivity contribution in [2.75, 3.05) is 0 Å². The Morgan fingerprint density at radius 2 is 2.00 bits per heavy atom. The molecule has 0 aliphatic heterocycles. The van der Waals surface area contributed by atoms with E-state index in [4.69, 9.17) is 5.14 Å². The van der Waals surface area contributed by atoms with Crippen LogP contribution in [0.1, 0.15) is 0 Å². The van der Waals surface area contributed by atoms with Crippen molar-refractivity contribution < 1.29 is 17.2 Å². The average molecular weight is 260 g/mol. The molecule has 9 heteroatoms. The molecule has 3 N–H and O–H groups in total. The first-order valence-corrected chi connectivity index (χ1v) is 5.83. The zero-order valence-corrected chi connectivity index (χ0v) is 9.00. The summed E-state index contributed by atoms with van der Waals surface area (Å²) >= 11 is 0. The second-order valence-corrected chi connectivity index (χ2v) is 4.61. The van der Waals surface area contributed by atoms with Crippen LogP contribution < -0.4 is 5.14 Å². The molecule has 0 spiro atoms. The Bertz CT molecular complexity index is 668. The fourth-order valence-electron chi connectivity index (χ4n) is 1.16. The Labute approximate surface area is 94.5 Å². The van der Waals surface area contributed by atoms with Gasteiger partial charge in [0.2, 0.25) is 0 Å². The summed E-state index contributed by atoms with van der Waals surface area (Å²) in [6.45, 7) is 0. The highest BCUT2D eigenvalue weighted by Gasteiger charge is 2.17. The Kier molecular flexibility index (Phi) is 2.63. The van der Waals surface area contributed by atoms with Crippen molar-refractivity contribution in [1.82, 2.24) is 15.2 Å². The van der Waals surface area contributed by atoms with Crippen LogP contribution in [0, 0.1) is 11.6 Å². The maximum absolute atomic E-state index is 13.3. The summed E-state index contributed by atoms with van der Waals surface area (Å²) in [4.78, 5) is 3.47. The number of sulfonamides is 1. The summed E-state index contributed by atoms with van der Waals surface area (Å²) in [6.07, 6.45) is 0. The highest BCUT2D eigenvalue weighted by atomic mass is 32.2. The molecule has 0 radical (unpaired) electrons. The number of H-pyrrole nitrogens is 1. The molecule has 0 amide bonds. The van der Waals surface area contributed by atoms with Gasteiger partial charge in [-0.2, -0.15) is 10.1 Å². The first kappa shape index (κ1) is 11.6. The van der Waals surface area contributed by atoms with E-state index in [1.807, 2.05) is 5.10 Å². The number of halogens is 2. The quantitative estimate of drug-likeness (QED) is 0.815. The molecule has 0 bridgehead atoms. The minimum Gasteiger partial charge on any atom is -0.248 e. The largest absolute Gasteiger partial charge is 0.273 e. The molecule has 17 heavy (non-hydrogen) atoms. The van der Waals surface area contributed by atoms with Gasteiger partial charge in [-0.1, -0.05) is 0 Å². The fraction of sp³-hybridized carbons (Fsp3) is 0. The number of hydrogen-bond acceptors (Lipinski definition) is 4. The predicted molar refractivity (Wildman–Crippen MR) is 53.1 cm³/mol. The van der Waals surface area contributed by atoms with Crippen LogP contribution in [0.3, 0.4) is 0 Å². The van der Waals surface area contributed by atoms with E-state index in [1.165, 1.54) is 0 Å². The lowest BCUT2D eigenvalue weighted by molar-refractivity contribution is 0.589. The molecule has 0 atom stereocenters. The van der Waals surface area contributed by atoms with Gasteiger partial charge in [-0.3, -0.25) is 0 Å². The van der Waals surface area contributed by atoms with Crippen LogP contribution in [0.25, 0.3) is 11.4 Å². The van der Waals surface area contributed by atoms with Crippen LogP contribution in [-0.4, -0.2) is 23.6 Å². The third-order valence-electron chi connectivity index (χ3n) is 1.90. The molecular weight excluding hydrogens is 254 g/mol. The standard InChI is InChI=1S/C8H6F2N4O2S/c9-4-1-2-6(10)5(3-4)7-12-8(14-13-7)17(11,15)16/h1-3H,(H2,11,15,16)(H,12,13,14). The zero-order valence-electron chi connectivity index (χ0n) is 8.18. The number of primary sulfonamides is 1. The fourth-order valence-corrected chi connectivity index (χ4v) is 1.55. The number of nitrogens with two attached hydrogens (primary N) is 1. The van der Waals surface area contributed by atoms with Gasteiger partial charge in [0.15, 0.2) is 5.82 Å². The van der Waals surface area contributed by atoms with E-state index in [-0.39, 0.29) is 11.4 Å². The van der Waals surface area contributed by atoms with E-state index in [9.17, 15) is 17.2 Å². The summed E-state index contributed by atoms with van der Waals surface area (Å²) in [6, 6.07) is 2.66. The van der Waals surface area contributed by atoms with E-state index in [1.54, 1.807) is 0 Å². The molecule has 0 saturated heterocycles. The Balaban J connectivity index is 2.55. The highest BCUT2D eigenvalue weighted by Crippen LogP contribution is 2.20. The number of hydrogen-bond donors (Lipinski definition) is 2. The van der Waals surface area contributed by atoms with Gasteiger partial charge >= 0.3 is 0 Å². The maximum atomic E-state index is 13.3. The van der Waals surface area contributed by atoms with Gasteiger partial charge in [-0.15, -0.1) is 0 Å². The number of aromatic amines is 1. The molecule has 0 fully saturated rings. The van der Waals surface area contributed by atoms with Crippen molar-refractivity contribution in [1.29, 1.82) is 0 Å². The Hall–Kier alpha value is -1.87. The van der Waals surface area contributed by atoms with Crippen LogP contribution in [0.4, 0.5) is 8.78 Å². The summed E-state index contributed by atoms with van der Waals surface area (Å²) in [5, 5.41) is 9.65. The molecule has 1 aromatic carbocycles. The molecule has 6 nitrogen and oxygen atoms in total. The van der Waals surface area contributed by atoms with Crippen molar-refractivity contribution in [2.45, 2.75) is 5.16 Å². The minimum atomic E-state index is -4.06. The van der Waals surface area contributed by atoms with Crippen molar-refractivity contribution in [3.05, 3.63) is 29.8 Å². The highest BCUT2D eigenvalue weighted by molar-refractivity contribution is 7.89. The third-order valence-corrected chi connectivity index (χ3v) is 2.63. The minimum absolute atomic E-state index is 0.254. The van der Waals surface area contributed by atoms with E-state index in [0.717, 1.165) is 18.2 Å². The van der Waals surface area contributed by atoms with Crippen molar-refractivity contribution in [3.8, 4) is 11.4 Å². The van der Waals surface area contributed by atoms with E-state index < -0.39 is 26.8 Å². The maximum Gasteiger partial charge on any atom is 0.273 e. The number of rotatable bonds is 2. The molecule has 0 unspecified atom stereocenters. The summed E-state index contributed by atoms with van der Waals surface area (Å²) in [5.74, 6) is -1.75. The lowest BCUT2D eigenvalue weighted by Gasteiger charge is -1.97. The van der Waals surface area contributed by atoms with Gasteiger partial charge in [0.1, 0.15) is 11.6 Å². The topological polar surface area (TPSA) is 102 Å². The smallest absolute Gasteiger partial charge is 0.248 e. The van der Waals surface area contributed by atoms with Gasteiger partial charge in [-0.25, -0.2) is 27.4 Å². The molecule has 90 valence electrons. The average Bonchev–Trinajstić information content (AvgIpc) is 2.70. The number of benzene rings is 1. The Morgan fingerprint density at radius 3 is 2.59 bits per heavy atom. The monoisotopic (exact) mass is 260 g/mol. The van der Waals surface area contributed by atoms with Gasteiger partial charge in [0, 0.05) is 0 Å². The normalized spacial score (nSPS) is 11.7. The SMILES string of the molecule is NS(=O)(=O)c1nc(-c2cc(F)ccc2F)n[nH]1. The number of nitrogens with one attached hydrogen (secondary N) is 1. The van der Waals surface area contributed by atoms with E-state index in [0.29, 0.717) is 0 Å². The first-order chi connectivity index (χ1) is 7.88. The molecular formula is C8H6F2N4O2S. The molecule has 0 aliphatic carbocycles. The van der Waals surface area contributed by atoms with Crippen LogP contribution >= 0.6 is 0 Å². The van der Waals surface area contributed by atoms with Crippen molar-refractivity contribution in [2.24, 2.45) is 5.14 Å². The summed E-state index contributed by atoms with van der Waals surface area (Å²) in [7, 11) is -4.06. The van der Waals surface area contributed by atoms with Crippen molar-refractivity contribution >= 4 is 10.0 Å². The molecule has 0 aliphatic rings. The molecule has 2 aromatic rings. The molecule has 0 saturated carbocycles. The van der Waals surface area contributed by atoms with Crippen molar-refractivity contribution in [3.63, 3.8) is 0 Å². The van der Waals surface area contributed by atoms with Gasteiger partial charge in [0.05, 0.1) is 5.56 Å². The lowest BCUT2D eigenvalue weighted by atomic mass is 10.2.